The van der Waals surface area contributed by atoms with E-state index in [4.69, 9.17) is 14.9 Å². The molecule has 0 spiro atoms. The smallest absolute Gasteiger partial charge is 0.227 e. The molecule has 0 fully saturated rings. The molecule has 0 unspecified atom stereocenters. The molecule has 2 heterocycles. The summed E-state index contributed by atoms with van der Waals surface area (Å²) in [6.07, 6.45) is 2.00. The minimum absolute atomic E-state index is 0. The first-order valence-corrected chi connectivity index (χ1v) is 7.01. The number of methoxy groups -OCH3 is 1. The molecule has 0 aliphatic heterocycles. The lowest BCUT2D eigenvalue weighted by Gasteiger charge is -2.03. The Kier molecular flexibility index (Phi) is 6.73. The van der Waals surface area contributed by atoms with E-state index in [9.17, 15) is 4.79 Å². The number of aromatic nitrogens is 3. The largest absolute Gasteiger partial charge is 0.490 e. The second-order valence-corrected chi connectivity index (χ2v) is 5.01. The Hall–Kier alpha value is -1.51. The van der Waals surface area contributed by atoms with E-state index in [1.807, 2.05) is 11.6 Å². The molecule has 0 aliphatic rings. The van der Waals surface area contributed by atoms with E-state index in [1.54, 1.807) is 0 Å². The van der Waals surface area contributed by atoms with Gasteiger partial charge in [0.25, 0.3) is 0 Å². The van der Waals surface area contributed by atoms with Crippen LogP contribution in [0.1, 0.15) is 11.6 Å². The van der Waals surface area contributed by atoms with Crippen LogP contribution >= 0.6 is 24.2 Å². The van der Waals surface area contributed by atoms with Crippen LogP contribution in [0.2, 0.25) is 0 Å². The van der Waals surface area contributed by atoms with E-state index in [1.165, 1.54) is 31.2 Å². The van der Waals surface area contributed by atoms with Crippen molar-refractivity contribution in [1.29, 1.82) is 0 Å². The molecule has 2 N–H and O–H groups in total. The minimum atomic E-state index is -0.198. The number of rotatable bonds is 6. The maximum atomic E-state index is 11.6. The first-order valence-electron chi connectivity index (χ1n) is 6.02. The van der Waals surface area contributed by atoms with Gasteiger partial charge < -0.3 is 19.5 Å². The van der Waals surface area contributed by atoms with Crippen LogP contribution in [-0.4, -0.2) is 28.4 Å². The average Bonchev–Trinajstić information content (AvgIpc) is 2.78. The first kappa shape index (κ1) is 17.5. The second kappa shape index (κ2) is 8.06. The van der Waals surface area contributed by atoms with E-state index in [0.29, 0.717) is 24.5 Å². The Morgan fingerprint density at radius 1 is 1.48 bits per heavy atom. The lowest BCUT2D eigenvalue weighted by Crippen LogP contribution is -2.08. The third-order valence-corrected chi connectivity index (χ3v) is 3.75. The fraction of sp³-hybridized carbons (Fsp3) is 0.417. The lowest BCUT2D eigenvalue weighted by atomic mass is 10.4. The van der Waals surface area contributed by atoms with Gasteiger partial charge in [-0.2, -0.15) is 0 Å². The third-order valence-electron chi connectivity index (χ3n) is 2.71. The SMILES string of the molecule is COc1coc(CSc2nnc(CCN)n2C)cc1=O.Cl. The Morgan fingerprint density at radius 3 is 2.86 bits per heavy atom. The van der Waals surface area contributed by atoms with E-state index >= 15 is 0 Å². The van der Waals surface area contributed by atoms with Crippen LogP contribution in [0.4, 0.5) is 0 Å². The molecule has 9 heteroatoms. The normalized spacial score (nSPS) is 10.2. The Labute approximate surface area is 132 Å². The molecule has 116 valence electrons. The van der Waals surface area contributed by atoms with Crippen molar-refractivity contribution in [3.8, 4) is 5.75 Å². The molecule has 0 saturated heterocycles. The van der Waals surface area contributed by atoms with Gasteiger partial charge in [0.05, 0.1) is 12.9 Å². The molecule has 2 rings (SSSR count). The van der Waals surface area contributed by atoms with Crippen molar-refractivity contribution in [1.82, 2.24) is 14.8 Å². The Balaban J connectivity index is 0.00000220. The molecule has 0 saturated carbocycles. The van der Waals surface area contributed by atoms with Crippen molar-refractivity contribution in [2.45, 2.75) is 17.3 Å². The van der Waals surface area contributed by atoms with Crippen molar-refractivity contribution < 1.29 is 9.15 Å². The van der Waals surface area contributed by atoms with Crippen molar-refractivity contribution >= 4 is 24.2 Å². The van der Waals surface area contributed by atoms with Gasteiger partial charge in [-0.3, -0.25) is 4.79 Å². The maximum Gasteiger partial charge on any atom is 0.227 e. The summed E-state index contributed by atoms with van der Waals surface area (Å²) in [6, 6.07) is 1.42. The highest BCUT2D eigenvalue weighted by Crippen LogP contribution is 2.21. The third kappa shape index (κ3) is 4.23. The highest BCUT2D eigenvalue weighted by atomic mass is 35.5. The fourth-order valence-corrected chi connectivity index (χ4v) is 2.44. The first-order chi connectivity index (χ1) is 9.65. The summed E-state index contributed by atoms with van der Waals surface area (Å²) in [5.74, 6) is 2.09. The minimum Gasteiger partial charge on any atom is -0.490 e. The van der Waals surface area contributed by atoms with Crippen LogP contribution in [0.3, 0.4) is 0 Å². The molecule has 0 aliphatic carbocycles. The highest BCUT2D eigenvalue weighted by Gasteiger charge is 2.10. The van der Waals surface area contributed by atoms with Crippen molar-refractivity contribution in [3.05, 3.63) is 34.1 Å². The highest BCUT2D eigenvalue weighted by molar-refractivity contribution is 7.98. The zero-order chi connectivity index (χ0) is 14.5. The van der Waals surface area contributed by atoms with Crippen LogP contribution in [-0.2, 0) is 19.2 Å². The fourth-order valence-electron chi connectivity index (χ4n) is 1.62. The van der Waals surface area contributed by atoms with Crippen LogP contribution in [0.5, 0.6) is 5.75 Å². The number of hydrogen-bond donors (Lipinski definition) is 1. The lowest BCUT2D eigenvalue weighted by molar-refractivity contribution is 0.381. The maximum absolute atomic E-state index is 11.6. The number of hydrogen-bond acceptors (Lipinski definition) is 7. The molecular formula is C12H17ClN4O3S. The quantitative estimate of drug-likeness (QED) is 0.788. The van der Waals surface area contributed by atoms with Gasteiger partial charge in [-0.1, -0.05) is 11.8 Å². The average molecular weight is 333 g/mol. The van der Waals surface area contributed by atoms with Gasteiger partial charge in [0.2, 0.25) is 11.2 Å². The molecular weight excluding hydrogens is 316 g/mol. The summed E-state index contributed by atoms with van der Waals surface area (Å²) < 4.78 is 12.1. The molecule has 21 heavy (non-hydrogen) atoms. The van der Waals surface area contributed by atoms with Crippen LogP contribution in [0, 0.1) is 0 Å². The van der Waals surface area contributed by atoms with Gasteiger partial charge in [-0.25, -0.2) is 0 Å². The monoisotopic (exact) mass is 332 g/mol. The summed E-state index contributed by atoms with van der Waals surface area (Å²) in [7, 11) is 3.32. The number of halogens is 1. The topological polar surface area (TPSA) is 96.2 Å². The molecule has 2 aromatic rings. The molecule has 0 radical (unpaired) electrons. The predicted molar refractivity (Wildman–Crippen MR) is 82.1 cm³/mol. The second-order valence-electron chi connectivity index (χ2n) is 4.06. The molecule has 0 bridgehead atoms. The molecule has 0 aromatic carbocycles. The summed E-state index contributed by atoms with van der Waals surface area (Å²) in [5.41, 5.74) is 5.30. The summed E-state index contributed by atoms with van der Waals surface area (Å²) in [5, 5.41) is 8.90. The molecule has 0 amide bonds. The van der Waals surface area contributed by atoms with Crippen molar-refractivity contribution in [2.75, 3.05) is 13.7 Å². The Morgan fingerprint density at radius 2 is 2.24 bits per heavy atom. The van der Waals surface area contributed by atoms with Crippen molar-refractivity contribution in [2.24, 2.45) is 12.8 Å². The number of nitrogens with zero attached hydrogens (tertiary/aromatic N) is 3. The van der Waals surface area contributed by atoms with Crippen LogP contribution in [0.25, 0.3) is 0 Å². The molecule has 0 atom stereocenters. The van der Waals surface area contributed by atoms with Gasteiger partial charge in [0.15, 0.2) is 5.16 Å². The molecule has 2 aromatic heterocycles. The summed E-state index contributed by atoms with van der Waals surface area (Å²) in [4.78, 5) is 11.6. The van der Waals surface area contributed by atoms with Crippen LogP contribution < -0.4 is 15.9 Å². The van der Waals surface area contributed by atoms with Gasteiger partial charge >= 0.3 is 0 Å². The number of thioether (sulfide) groups is 1. The van der Waals surface area contributed by atoms with Crippen LogP contribution in [0.15, 0.2) is 26.7 Å². The zero-order valence-electron chi connectivity index (χ0n) is 11.7. The Bertz CT molecular complexity index is 644. The number of ether oxygens (including phenoxy) is 1. The number of nitrogens with two attached hydrogens (primary N) is 1. The van der Waals surface area contributed by atoms with Gasteiger partial charge in [-0.05, 0) is 6.54 Å². The zero-order valence-corrected chi connectivity index (χ0v) is 13.4. The van der Waals surface area contributed by atoms with Gasteiger partial charge in [0, 0.05) is 19.5 Å². The predicted octanol–water partition coefficient (Wildman–Crippen LogP) is 0.992. The molecule has 7 nitrogen and oxygen atoms in total. The van der Waals surface area contributed by atoms with E-state index < -0.39 is 0 Å². The summed E-state index contributed by atoms with van der Waals surface area (Å²) in [6.45, 7) is 0.532. The van der Waals surface area contributed by atoms with Gasteiger partial charge in [-0.15, -0.1) is 22.6 Å². The van der Waals surface area contributed by atoms with Gasteiger partial charge in [0.1, 0.15) is 17.8 Å². The van der Waals surface area contributed by atoms with E-state index in [0.717, 1.165) is 11.0 Å². The van der Waals surface area contributed by atoms with E-state index in [2.05, 4.69) is 10.2 Å². The summed E-state index contributed by atoms with van der Waals surface area (Å²) >= 11 is 1.44. The van der Waals surface area contributed by atoms with E-state index in [-0.39, 0.29) is 23.6 Å². The standard InChI is InChI=1S/C12H16N4O3S.ClH/c1-16-11(3-4-13)14-15-12(16)20-7-8-5-9(17)10(18-2)6-19-8;/h5-6H,3-4,7,13H2,1-2H3;1H. The van der Waals surface area contributed by atoms with Crippen molar-refractivity contribution in [3.63, 3.8) is 0 Å².